The van der Waals surface area contributed by atoms with E-state index >= 15 is 0 Å². The summed E-state index contributed by atoms with van der Waals surface area (Å²) in [5.74, 6) is 2.20. The second-order valence-electron chi connectivity index (χ2n) is 8.47. The minimum absolute atomic E-state index is 0.0892. The van der Waals surface area contributed by atoms with Crippen molar-refractivity contribution in [1.29, 1.82) is 0 Å². The summed E-state index contributed by atoms with van der Waals surface area (Å²) in [7, 11) is 4.75. The lowest BCUT2D eigenvalue weighted by Gasteiger charge is -2.22. The maximum atomic E-state index is 13.0. The van der Waals surface area contributed by atoms with Crippen LogP contribution in [-0.4, -0.2) is 50.7 Å². The highest BCUT2D eigenvalue weighted by atomic mass is 16.5. The van der Waals surface area contributed by atoms with Crippen molar-refractivity contribution in [3.63, 3.8) is 0 Å². The van der Waals surface area contributed by atoms with Crippen molar-refractivity contribution in [3.8, 4) is 23.0 Å². The molecule has 3 aromatic rings. The fourth-order valence-electron chi connectivity index (χ4n) is 4.13. The minimum Gasteiger partial charge on any atom is -0.497 e. The first-order chi connectivity index (χ1) is 17.4. The van der Waals surface area contributed by atoms with E-state index in [1.54, 1.807) is 69.6 Å². The molecule has 0 saturated carbocycles. The van der Waals surface area contributed by atoms with Crippen molar-refractivity contribution < 1.29 is 28.5 Å². The zero-order valence-corrected chi connectivity index (χ0v) is 20.9. The number of nitrogens with zero attached hydrogens (tertiary/aromatic N) is 1. The second kappa shape index (κ2) is 11.0. The van der Waals surface area contributed by atoms with E-state index in [2.05, 4.69) is 5.32 Å². The molecule has 1 N–H and O–H groups in total. The predicted octanol–water partition coefficient (Wildman–Crippen LogP) is 4.32. The van der Waals surface area contributed by atoms with Gasteiger partial charge in [0.25, 0.3) is 11.8 Å². The number of amides is 2. The van der Waals surface area contributed by atoms with Crippen LogP contribution in [0.1, 0.15) is 28.4 Å². The third-order valence-corrected chi connectivity index (χ3v) is 6.09. The Morgan fingerprint density at radius 3 is 2.56 bits per heavy atom. The van der Waals surface area contributed by atoms with Crippen molar-refractivity contribution in [3.05, 3.63) is 77.4 Å². The fourth-order valence-corrected chi connectivity index (χ4v) is 4.13. The topological polar surface area (TPSA) is 86.3 Å². The van der Waals surface area contributed by atoms with Gasteiger partial charge in [0.1, 0.15) is 11.5 Å². The number of nitrogens with one attached hydrogen (secondary N) is 1. The first kappa shape index (κ1) is 24.9. The third kappa shape index (κ3) is 5.54. The Hall–Kier alpha value is -4.20. The number of carbonyl (C=O) groups is 2. The summed E-state index contributed by atoms with van der Waals surface area (Å²) in [6.45, 7) is 2.62. The molecule has 0 spiro atoms. The van der Waals surface area contributed by atoms with Crippen LogP contribution in [0.3, 0.4) is 0 Å². The molecule has 188 valence electrons. The highest BCUT2D eigenvalue weighted by Gasteiger charge is 2.28. The summed E-state index contributed by atoms with van der Waals surface area (Å²) in [6, 6.07) is 18.1. The van der Waals surface area contributed by atoms with E-state index in [0.717, 1.165) is 11.1 Å². The van der Waals surface area contributed by atoms with E-state index in [9.17, 15) is 9.59 Å². The summed E-state index contributed by atoms with van der Waals surface area (Å²) in [4.78, 5) is 27.6. The Morgan fingerprint density at radius 2 is 1.81 bits per heavy atom. The van der Waals surface area contributed by atoms with Gasteiger partial charge in [-0.3, -0.25) is 9.59 Å². The van der Waals surface area contributed by atoms with E-state index in [4.69, 9.17) is 18.9 Å². The molecule has 1 aliphatic heterocycles. The first-order valence-electron chi connectivity index (χ1n) is 11.7. The third-order valence-electron chi connectivity index (χ3n) is 6.09. The molecular formula is C28H30N2O6. The average Bonchev–Trinajstić information content (AvgIpc) is 3.02. The van der Waals surface area contributed by atoms with Gasteiger partial charge in [-0.15, -0.1) is 0 Å². The Kier molecular flexibility index (Phi) is 7.63. The predicted molar refractivity (Wildman–Crippen MR) is 136 cm³/mol. The van der Waals surface area contributed by atoms with Gasteiger partial charge in [0.2, 0.25) is 0 Å². The van der Waals surface area contributed by atoms with Crippen LogP contribution < -0.4 is 24.3 Å². The molecular weight excluding hydrogens is 460 g/mol. The second-order valence-corrected chi connectivity index (χ2v) is 8.47. The molecule has 0 fully saturated rings. The van der Waals surface area contributed by atoms with Crippen LogP contribution in [0, 0.1) is 0 Å². The van der Waals surface area contributed by atoms with Crippen molar-refractivity contribution in [1.82, 2.24) is 4.90 Å². The molecule has 0 aromatic heterocycles. The van der Waals surface area contributed by atoms with Gasteiger partial charge >= 0.3 is 0 Å². The number of hydrogen-bond acceptors (Lipinski definition) is 6. The van der Waals surface area contributed by atoms with Crippen LogP contribution in [0.2, 0.25) is 0 Å². The van der Waals surface area contributed by atoms with E-state index in [-0.39, 0.29) is 11.8 Å². The SMILES string of the molecule is COc1cccc(C(=O)Nc2ccc3c(c2)CN(CCc2ccc(OC)c(OC)c2)C(=O)C(C)O3)c1. The maximum absolute atomic E-state index is 13.0. The number of hydrogen-bond donors (Lipinski definition) is 1. The molecule has 8 nitrogen and oxygen atoms in total. The van der Waals surface area contributed by atoms with Gasteiger partial charge in [0, 0.05) is 29.9 Å². The summed E-state index contributed by atoms with van der Waals surface area (Å²) >= 11 is 0. The highest BCUT2D eigenvalue weighted by Crippen LogP contribution is 2.30. The number of carbonyl (C=O) groups excluding carboxylic acids is 2. The molecule has 36 heavy (non-hydrogen) atoms. The molecule has 0 aliphatic carbocycles. The van der Waals surface area contributed by atoms with Crippen molar-refractivity contribution in [2.75, 3.05) is 33.2 Å². The van der Waals surface area contributed by atoms with Crippen molar-refractivity contribution >= 4 is 17.5 Å². The highest BCUT2D eigenvalue weighted by molar-refractivity contribution is 6.04. The lowest BCUT2D eigenvalue weighted by molar-refractivity contribution is -0.137. The van der Waals surface area contributed by atoms with E-state index in [0.29, 0.717) is 53.8 Å². The van der Waals surface area contributed by atoms with Crippen LogP contribution >= 0.6 is 0 Å². The molecule has 0 bridgehead atoms. The van der Waals surface area contributed by atoms with Crippen molar-refractivity contribution in [2.24, 2.45) is 0 Å². The Morgan fingerprint density at radius 1 is 1.00 bits per heavy atom. The van der Waals surface area contributed by atoms with E-state index < -0.39 is 6.10 Å². The normalized spacial score (nSPS) is 14.8. The molecule has 3 aromatic carbocycles. The van der Waals surface area contributed by atoms with Gasteiger partial charge in [0.05, 0.1) is 21.3 Å². The zero-order chi connectivity index (χ0) is 25.7. The monoisotopic (exact) mass is 490 g/mol. The summed E-state index contributed by atoms with van der Waals surface area (Å²) < 4.78 is 21.8. The van der Waals surface area contributed by atoms with Crippen LogP contribution in [0.25, 0.3) is 0 Å². The molecule has 0 radical (unpaired) electrons. The Labute approximate surface area is 210 Å². The van der Waals surface area contributed by atoms with Crippen molar-refractivity contribution in [2.45, 2.75) is 26.0 Å². The molecule has 1 aliphatic rings. The van der Waals surface area contributed by atoms with Gasteiger partial charge in [-0.25, -0.2) is 0 Å². The van der Waals surface area contributed by atoms with Gasteiger partial charge in [-0.1, -0.05) is 12.1 Å². The summed E-state index contributed by atoms with van der Waals surface area (Å²) in [5.41, 5.74) is 2.95. The van der Waals surface area contributed by atoms with Crippen LogP contribution in [0.4, 0.5) is 5.69 Å². The summed E-state index contributed by atoms with van der Waals surface area (Å²) in [6.07, 6.45) is 0.0225. The molecule has 1 unspecified atom stereocenters. The molecule has 1 heterocycles. The number of benzene rings is 3. The zero-order valence-electron chi connectivity index (χ0n) is 20.9. The fraction of sp³-hybridized carbons (Fsp3) is 0.286. The van der Waals surface area contributed by atoms with Gasteiger partial charge in [0.15, 0.2) is 17.6 Å². The van der Waals surface area contributed by atoms with Crippen LogP contribution in [0.15, 0.2) is 60.7 Å². The number of methoxy groups -OCH3 is 3. The van der Waals surface area contributed by atoms with Crippen LogP contribution in [0.5, 0.6) is 23.0 Å². The molecule has 2 amide bonds. The first-order valence-corrected chi connectivity index (χ1v) is 11.7. The van der Waals surface area contributed by atoms with Crippen LogP contribution in [-0.2, 0) is 17.8 Å². The Balaban J connectivity index is 1.50. The average molecular weight is 491 g/mol. The molecule has 4 rings (SSSR count). The standard InChI is InChI=1S/C28H30N2O6/c1-18-28(32)30(13-12-19-8-10-25(34-3)26(14-19)35-4)17-21-15-22(9-11-24(21)36-18)29-27(31)20-6-5-7-23(16-20)33-2/h5-11,14-16,18H,12-13,17H2,1-4H3,(H,29,31). The lowest BCUT2D eigenvalue weighted by atomic mass is 10.1. The maximum Gasteiger partial charge on any atom is 0.263 e. The smallest absolute Gasteiger partial charge is 0.263 e. The van der Waals surface area contributed by atoms with Gasteiger partial charge in [-0.2, -0.15) is 0 Å². The molecule has 0 saturated heterocycles. The lowest BCUT2D eigenvalue weighted by Crippen LogP contribution is -2.39. The van der Waals surface area contributed by atoms with E-state index in [1.807, 2.05) is 24.3 Å². The molecule has 8 heteroatoms. The molecule has 1 atom stereocenters. The number of ether oxygens (including phenoxy) is 4. The largest absolute Gasteiger partial charge is 0.497 e. The number of rotatable bonds is 8. The van der Waals surface area contributed by atoms with Gasteiger partial charge in [-0.05, 0) is 67.4 Å². The summed E-state index contributed by atoms with van der Waals surface area (Å²) in [5, 5.41) is 2.92. The van der Waals surface area contributed by atoms with E-state index in [1.165, 1.54) is 0 Å². The Bertz CT molecular complexity index is 1260. The number of anilines is 1. The number of fused-ring (bicyclic) bond motifs is 1. The quantitative estimate of drug-likeness (QED) is 0.506. The minimum atomic E-state index is -0.617. The van der Waals surface area contributed by atoms with Gasteiger partial charge < -0.3 is 29.2 Å².